The van der Waals surface area contributed by atoms with Crippen molar-refractivity contribution in [2.24, 2.45) is 0 Å². The molecule has 0 spiro atoms. The Hall–Kier alpha value is -3.34. The lowest BCUT2D eigenvalue weighted by Gasteiger charge is -2.33. The molecule has 34 heavy (non-hydrogen) atoms. The maximum Gasteiger partial charge on any atom is 0.254 e. The Bertz CT molecular complexity index is 1280. The number of nitrogens with one attached hydrogen (secondary N) is 1. The van der Waals surface area contributed by atoms with Crippen LogP contribution in [0, 0.1) is 20.8 Å². The van der Waals surface area contributed by atoms with Crippen molar-refractivity contribution in [3.63, 3.8) is 0 Å². The minimum absolute atomic E-state index is 0.127. The smallest absolute Gasteiger partial charge is 0.254 e. The maximum absolute atomic E-state index is 13.6. The van der Waals surface area contributed by atoms with Gasteiger partial charge in [0.15, 0.2) is 0 Å². The van der Waals surface area contributed by atoms with E-state index >= 15 is 0 Å². The molecule has 5 nitrogen and oxygen atoms in total. The number of nitrogens with zero attached hydrogens (tertiary/aromatic N) is 3. The van der Waals surface area contributed by atoms with Gasteiger partial charge in [-0.25, -0.2) is 4.98 Å². The fourth-order valence-corrected chi connectivity index (χ4v) is 5.02. The normalized spacial score (nSPS) is 14.4. The Morgan fingerprint density at radius 3 is 2.35 bits per heavy atom. The molecule has 1 aliphatic rings. The van der Waals surface area contributed by atoms with Gasteiger partial charge < -0.3 is 14.6 Å². The number of aryl methyl sites for hydroxylation is 3. The molecule has 0 unspecified atom stereocenters. The second-order valence-corrected chi connectivity index (χ2v) is 9.89. The van der Waals surface area contributed by atoms with Crippen molar-refractivity contribution in [2.75, 3.05) is 13.1 Å². The van der Waals surface area contributed by atoms with Crippen molar-refractivity contribution >= 4 is 17.1 Å². The number of hydrogen-bond donors (Lipinski definition) is 1. The molecule has 0 atom stereocenters. The molecule has 1 fully saturated rings. The van der Waals surface area contributed by atoms with Crippen molar-refractivity contribution < 1.29 is 4.79 Å². The number of imidazole rings is 1. The highest BCUT2D eigenvalue weighted by Gasteiger charge is 2.26. The van der Waals surface area contributed by atoms with Crippen LogP contribution in [0.1, 0.15) is 78.0 Å². The Morgan fingerprint density at radius 2 is 1.71 bits per heavy atom. The Labute approximate surface area is 203 Å². The molecule has 1 N–H and O–H groups in total. The molecule has 0 saturated carbocycles. The molecular formula is C29H36N4O. The van der Waals surface area contributed by atoms with Crippen LogP contribution in [0.25, 0.3) is 11.2 Å². The van der Waals surface area contributed by atoms with Crippen LogP contribution in [-0.4, -0.2) is 33.3 Å². The number of benzene rings is 1. The maximum atomic E-state index is 13.6. The van der Waals surface area contributed by atoms with E-state index in [0.29, 0.717) is 5.92 Å². The number of fused-ring (bicyclic) bond motifs is 1. The summed E-state index contributed by atoms with van der Waals surface area (Å²) < 4.78 is 2.11. The second kappa shape index (κ2) is 9.49. The van der Waals surface area contributed by atoms with E-state index in [1.54, 1.807) is 0 Å². The van der Waals surface area contributed by atoms with Crippen LogP contribution in [0.2, 0.25) is 0 Å². The van der Waals surface area contributed by atoms with Crippen molar-refractivity contribution in [1.29, 1.82) is 0 Å². The minimum atomic E-state index is 0.127. The van der Waals surface area contributed by atoms with E-state index in [-0.39, 0.29) is 5.91 Å². The lowest BCUT2D eigenvalue weighted by molar-refractivity contribution is 0.0712. The number of pyridine rings is 1. The molecule has 4 rings (SSSR count). The van der Waals surface area contributed by atoms with Crippen LogP contribution in [0.15, 0.2) is 54.5 Å². The Morgan fingerprint density at radius 1 is 1.03 bits per heavy atom. The SMILES string of the molecule is C=C(C)NC(=C(C)C)c1cc(C(=O)N2CCC(c3ccn4c(C)ncc4c3)CC2)c(C)cc1C. The number of hydrogen-bond acceptors (Lipinski definition) is 3. The summed E-state index contributed by atoms with van der Waals surface area (Å²) in [4.78, 5) is 20.0. The number of amides is 1. The van der Waals surface area contributed by atoms with Gasteiger partial charge in [0, 0.05) is 41.8 Å². The molecule has 0 radical (unpaired) electrons. The van der Waals surface area contributed by atoms with Gasteiger partial charge in [-0.2, -0.15) is 0 Å². The summed E-state index contributed by atoms with van der Waals surface area (Å²) in [5, 5.41) is 3.39. The molecule has 5 heteroatoms. The predicted molar refractivity (Wildman–Crippen MR) is 140 cm³/mol. The van der Waals surface area contributed by atoms with Gasteiger partial charge in [0.25, 0.3) is 5.91 Å². The highest BCUT2D eigenvalue weighted by atomic mass is 16.2. The predicted octanol–water partition coefficient (Wildman–Crippen LogP) is 6.15. The monoisotopic (exact) mass is 456 g/mol. The Kier molecular flexibility index (Phi) is 6.65. The first-order valence-corrected chi connectivity index (χ1v) is 12.1. The van der Waals surface area contributed by atoms with E-state index in [9.17, 15) is 4.79 Å². The molecular weight excluding hydrogens is 420 g/mol. The number of piperidine rings is 1. The van der Waals surface area contributed by atoms with Crippen LogP contribution >= 0.6 is 0 Å². The zero-order valence-corrected chi connectivity index (χ0v) is 21.3. The van der Waals surface area contributed by atoms with Gasteiger partial charge in [0.05, 0.1) is 11.7 Å². The number of likely N-dealkylation sites (tertiary alicyclic amines) is 1. The van der Waals surface area contributed by atoms with Crippen LogP contribution in [0.3, 0.4) is 0 Å². The van der Waals surface area contributed by atoms with Gasteiger partial charge in [0.2, 0.25) is 0 Å². The number of aromatic nitrogens is 2. The molecule has 2 aromatic heterocycles. The minimum Gasteiger partial charge on any atom is -0.359 e. The fourth-order valence-electron chi connectivity index (χ4n) is 5.02. The van der Waals surface area contributed by atoms with Gasteiger partial charge >= 0.3 is 0 Å². The first-order valence-electron chi connectivity index (χ1n) is 12.1. The summed E-state index contributed by atoms with van der Waals surface area (Å²) in [6.07, 6.45) is 5.99. The summed E-state index contributed by atoms with van der Waals surface area (Å²) in [7, 11) is 0. The number of rotatable bonds is 5. The van der Waals surface area contributed by atoms with Crippen molar-refractivity contribution in [2.45, 2.75) is 60.3 Å². The third-order valence-electron chi connectivity index (χ3n) is 6.90. The first kappa shape index (κ1) is 23.8. The molecule has 3 aromatic rings. The average molecular weight is 457 g/mol. The highest BCUT2D eigenvalue weighted by molar-refractivity contribution is 5.97. The standard InChI is InChI=1S/C29H36N4O/c1-18(2)28(31-19(3)4)26-16-27(21(6)14-20(26)5)29(34)32-11-8-23(9-12-32)24-10-13-33-22(7)30-17-25(33)15-24/h10,13-17,23,31H,3,8-9,11-12H2,1-2,4-7H3. The zero-order valence-electron chi connectivity index (χ0n) is 21.3. The second-order valence-electron chi connectivity index (χ2n) is 9.89. The van der Waals surface area contributed by atoms with E-state index in [0.717, 1.165) is 70.9 Å². The summed E-state index contributed by atoms with van der Waals surface area (Å²) >= 11 is 0. The summed E-state index contributed by atoms with van der Waals surface area (Å²) in [6, 6.07) is 8.64. The quantitative estimate of drug-likeness (QED) is 0.501. The van der Waals surface area contributed by atoms with Crippen LogP contribution in [-0.2, 0) is 0 Å². The number of allylic oxidation sites excluding steroid dienone is 2. The average Bonchev–Trinajstić information content (AvgIpc) is 3.17. The topological polar surface area (TPSA) is 49.6 Å². The van der Waals surface area contributed by atoms with E-state index in [1.165, 1.54) is 11.1 Å². The third kappa shape index (κ3) is 4.65. The van der Waals surface area contributed by atoms with Crippen molar-refractivity contribution in [3.05, 3.63) is 88.1 Å². The molecule has 1 aliphatic heterocycles. The van der Waals surface area contributed by atoms with Gasteiger partial charge in [-0.3, -0.25) is 4.79 Å². The molecule has 1 saturated heterocycles. The molecule has 3 heterocycles. The van der Waals surface area contributed by atoms with Gasteiger partial charge in [-0.1, -0.05) is 18.2 Å². The van der Waals surface area contributed by atoms with Gasteiger partial charge in [-0.05, 0) is 95.2 Å². The van der Waals surface area contributed by atoms with E-state index in [2.05, 4.69) is 72.5 Å². The molecule has 1 amide bonds. The largest absolute Gasteiger partial charge is 0.359 e. The molecule has 0 aliphatic carbocycles. The lowest BCUT2D eigenvalue weighted by Crippen LogP contribution is -2.38. The molecule has 178 valence electrons. The van der Waals surface area contributed by atoms with Crippen LogP contribution in [0.4, 0.5) is 0 Å². The van der Waals surface area contributed by atoms with Crippen LogP contribution in [0.5, 0.6) is 0 Å². The zero-order chi connectivity index (χ0) is 24.6. The first-order chi connectivity index (χ1) is 16.2. The van der Waals surface area contributed by atoms with Crippen molar-refractivity contribution in [3.8, 4) is 0 Å². The number of carbonyl (C=O) groups excluding carboxylic acids is 1. The molecule has 1 aromatic carbocycles. The Balaban J connectivity index is 1.53. The van der Waals surface area contributed by atoms with Crippen LogP contribution < -0.4 is 5.32 Å². The summed E-state index contributed by atoms with van der Waals surface area (Å²) in [6.45, 7) is 17.8. The fraction of sp³-hybridized carbons (Fsp3) is 0.379. The van der Waals surface area contributed by atoms with E-state index < -0.39 is 0 Å². The summed E-state index contributed by atoms with van der Waals surface area (Å²) in [5.74, 6) is 1.60. The lowest BCUT2D eigenvalue weighted by atomic mass is 9.89. The van der Waals surface area contributed by atoms with Crippen molar-refractivity contribution in [1.82, 2.24) is 19.6 Å². The van der Waals surface area contributed by atoms with Gasteiger partial charge in [-0.15, -0.1) is 0 Å². The van der Waals surface area contributed by atoms with Gasteiger partial charge in [0.1, 0.15) is 5.82 Å². The molecule has 0 bridgehead atoms. The van der Waals surface area contributed by atoms with E-state index in [1.807, 2.05) is 31.9 Å². The third-order valence-corrected chi connectivity index (χ3v) is 6.90. The van der Waals surface area contributed by atoms with E-state index in [4.69, 9.17) is 0 Å². The number of carbonyl (C=O) groups is 1. The highest BCUT2D eigenvalue weighted by Crippen LogP contribution is 2.31. The summed E-state index contributed by atoms with van der Waals surface area (Å²) in [5.41, 5.74) is 9.59.